The minimum atomic E-state index is -0.433. The van der Waals surface area contributed by atoms with Gasteiger partial charge in [0.1, 0.15) is 5.60 Å². The van der Waals surface area contributed by atoms with Gasteiger partial charge in [-0.25, -0.2) is 0 Å². The van der Waals surface area contributed by atoms with Gasteiger partial charge >= 0.3 is 0 Å². The molecule has 1 aliphatic rings. The second kappa shape index (κ2) is 6.45. The lowest BCUT2D eigenvalue weighted by Crippen LogP contribution is -2.37. The Morgan fingerprint density at radius 3 is 2.79 bits per heavy atom. The van der Waals surface area contributed by atoms with Crippen molar-refractivity contribution in [3.8, 4) is 0 Å². The van der Waals surface area contributed by atoms with E-state index in [0.717, 1.165) is 19.3 Å². The molecule has 0 aromatic carbocycles. The van der Waals surface area contributed by atoms with Gasteiger partial charge in [0.2, 0.25) is 11.7 Å². The van der Waals surface area contributed by atoms with E-state index >= 15 is 0 Å². The number of aromatic nitrogens is 2. The van der Waals surface area contributed by atoms with Crippen LogP contribution in [0.1, 0.15) is 38.4 Å². The maximum atomic E-state index is 5.92. The lowest BCUT2D eigenvalue weighted by molar-refractivity contribution is -0.118. The average molecular weight is 269 g/mol. The number of hydrogen-bond acceptors (Lipinski definition) is 6. The van der Waals surface area contributed by atoms with Gasteiger partial charge in [-0.15, -0.1) is 0 Å². The molecule has 1 aromatic rings. The molecule has 0 saturated carbocycles. The molecule has 6 nitrogen and oxygen atoms in total. The predicted octanol–water partition coefficient (Wildman–Crippen LogP) is 1.26. The second-order valence-electron chi connectivity index (χ2n) is 4.95. The Bertz CT molecular complexity index is 383. The van der Waals surface area contributed by atoms with Gasteiger partial charge in [0, 0.05) is 45.1 Å². The molecule has 1 unspecified atom stereocenters. The Morgan fingerprint density at radius 1 is 1.42 bits per heavy atom. The fourth-order valence-electron chi connectivity index (χ4n) is 2.30. The molecule has 0 spiro atoms. The Balaban J connectivity index is 2.13. The summed E-state index contributed by atoms with van der Waals surface area (Å²) >= 11 is 0. The van der Waals surface area contributed by atoms with Crippen molar-refractivity contribution in [2.24, 2.45) is 0 Å². The molecule has 1 atom stereocenters. The van der Waals surface area contributed by atoms with Gasteiger partial charge < -0.3 is 19.3 Å². The molecule has 0 bridgehead atoms. The largest absolute Gasteiger partial charge is 0.381 e. The molecule has 1 N–H and O–H groups in total. The predicted molar refractivity (Wildman–Crippen MR) is 69.9 cm³/mol. The summed E-state index contributed by atoms with van der Waals surface area (Å²) in [6, 6.07) is 0.311. The summed E-state index contributed by atoms with van der Waals surface area (Å²) in [5.74, 6) is 1.32. The van der Waals surface area contributed by atoms with Gasteiger partial charge in [0.15, 0.2) is 0 Å². The van der Waals surface area contributed by atoms with Gasteiger partial charge in [0.05, 0.1) is 0 Å². The smallest absolute Gasteiger partial charge is 0.228 e. The third kappa shape index (κ3) is 3.32. The molecule has 1 fully saturated rings. The van der Waals surface area contributed by atoms with Crippen LogP contribution >= 0.6 is 0 Å². The van der Waals surface area contributed by atoms with Crippen molar-refractivity contribution < 1.29 is 14.0 Å². The first-order chi connectivity index (χ1) is 9.20. The standard InChI is InChI=1S/C13H23N3O3/c1-4-18-13(5-7-17-8-6-13)12-15-11(19-16-12)9-10(2)14-3/h10,14H,4-9H2,1-3H3. The zero-order chi connectivity index (χ0) is 13.7. The number of nitrogens with one attached hydrogen (secondary N) is 1. The molecule has 1 aromatic heterocycles. The number of rotatable bonds is 6. The van der Waals surface area contributed by atoms with E-state index in [2.05, 4.69) is 22.4 Å². The summed E-state index contributed by atoms with van der Waals surface area (Å²) in [7, 11) is 1.92. The SMILES string of the molecule is CCOC1(c2noc(CC(C)NC)n2)CCOCC1. The number of nitrogens with zero attached hydrogens (tertiary/aromatic N) is 2. The van der Waals surface area contributed by atoms with Crippen LogP contribution in [0.2, 0.25) is 0 Å². The van der Waals surface area contributed by atoms with Crippen LogP contribution in [-0.4, -0.2) is 43.1 Å². The van der Waals surface area contributed by atoms with Crippen molar-refractivity contribution in [1.82, 2.24) is 15.5 Å². The Hall–Kier alpha value is -0.980. The van der Waals surface area contributed by atoms with Crippen molar-refractivity contribution in [3.05, 3.63) is 11.7 Å². The fraction of sp³-hybridized carbons (Fsp3) is 0.846. The zero-order valence-electron chi connectivity index (χ0n) is 11.9. The van der Waals surface area contributed by atoms with E-state index in [0.29, 0.717) is 37.6 Å². The van der Waals surface area contributed by atoms with Crippen molar-refractivity contribution in [2.45, 2.75) is 44.8 Å². The van der Waals surface area contributed by atoms with Gasteiger partial charge in [-0.1, -0.05) is 5.16 Å². The molecule has 1 aliphatic heterocycles. The van der Waals surface area contributed by atoms with Crippen LogP contribution in [-0.2, 0) is 21.5 Å². The summed E-state index contributed by atoms with van der Waals surface area (Å²) in [4.78, 5) is 4.51. The highest BCUT2D eigenvalue weighted by atomic mass is 16.5. The number of likely N-dealkylation sites (N-methyl/N-ethyl adjacent to an activating group) is 1. The monoisotopic (exact) mass is 269 g/mol. The molecule has 0 amide bonds. The molecule has 6 heteroatoms. The minimum absolute atomic E-state index is 0.311. The molecule has 19 heavy (non-hydrogen) atoms. The quantitative estimate of drug-likeness (QED) is 0.838. The molecule has 0 aliphatic carbocycles. The van der Waals surface area contributed by atoms with Crippen LogP contribution in [0.25, 0.3) is 0 Å². The topological polar surface area (TPSA) is 69.4 Å². The minimum Gasteiger partial charge on any atom is -0.381 e. The molecule has 2 heterocycles. The van der Waals surface area contributed by atoms with Crippen LogP contribution in [0.5, 0.6) is 0 Å². The lowest BCUT2D eigenvalue weighted by atomic mass is 9.93. The van der Waals surface area contributed by atoms with E-state index in [4.69, 9.17) is 14.0 Å². The third-order valence-corrected chi connectivity index (χ3v) is 3.57. The molecular weight excluding hydrogens is 246 g/mol. The second-order valence-corrected chi connectivity index (χ2v) is 4.95. The summed E-state index contributed by atoms with van der Waals surface area (Å²) in [6.07, 6.45) is 2.28. The summed E-state index contributed by atoms with van der Waals surface area (Å²) in [5.41, 5.74) is -0.433. The van der Waals surface area contributed by atoms with E-state index in [9.17, 15) is 0 Å². The van der Waals surface area contributed by atoms with Crippen LogP contribution in [0, 0.1) is 0 Å². The van der Waals surface area contributed by atoms with Crippen molar-refractivity contribution in [2.75, 3.05) is 26.9 Å². The first-order valence-corrected chi connectivity index (χ1v) is 6.92. The van der Waals surface area contributed by atoms with Crippen LogP contribution in [0.15, 0.2) is 4.52 Å². The van der Waals surface area contributed by atoms with E-state index in [1.54, 1.807) is 0 Å². The Labute approximate surface area is 113 Å². The maximum absolute atomic E-state index is 5.92. The normalized spacial score (nSPS) is 20.4. The van der Waals surface area contributed by atoms with E-state index in [1.165, 1.54) is 0 Å². The summed E-state index contributed by atoms with van der Waals surface area (Å²) < 4.78 is 16.7. The summed E-state index contributed by atoms with van der Waals surface area (Å²) in [5, 5.41) is 7.28. The van der Waals surface area contributed by atoms with E-state index < -0.39 is 5.60 Å². The van der Waals surface area contributed by atoms with Crippen molar-refractivity contribution in [3.63, 3.8) is 0 Å². The highest BCUT2D eigenvalue weighted by molar-refractivity contribution is 5.03. The van der Waals surface area contributed by atoms with Crippen molar-refractivity contribution >= 4 is 0 Å². The molecule has 1 saturated heterocycles. The van der Waals surface area contributed by atoms with Crippen molar-refractivity contribution in [1.29, 1.82) is 0 Å². The van der Waals surface area contributed by atoms with Gasteiger partial charge in [-0.2, -0.15) is 4.98 Å². The van der Waals surface area contributed by atoms with E-state index in [-0.39, 0.29) is 0 Å². The van der Waals surface area contributed by atoms with Crippen LogP contribution in [0.3, 0.4) is 0 Å². The Morgan fingerprint density at radius 2 is 2.16 bits per heavy atom. The average Bonchev–Trinajstić information content (AvgIpc) is 2.89. The number of hydrogen-bond donors (Lipinski definition) is 1. The third-order valence-electron chi connectivity index (χ3n) is 3.57. The molecular formula is C13H23N3O3. The fourth-order valence-corrected chi connectivity index (χ4v) is 2.30. The van der Waals surface area contributed by atoms with Gasteiger partial charge in [-0.3, -0.25) is 0 Å². The molecule has 108 valence electrons. The molecule has 2 rings (SSSR count). The highest BCUT2D eigenvalue weighted by Gasteiger charge is 2.39. The van der Waals surface area contributed by atoms with Gasteiger partial charge in [-0.05, 0) is 20.9 Å². The van der Waals surface area contributed by atoms with Crippen LogP contribution < -0.4 is 5.32 Å². The number of ether oxygens (including phenoxy) is 2. The highest BCUT2D eigenvalue weighted by Crippen LogP contribution is 2.34. The van der Waals surface area contributed by atoms with Crippen LogP contribution in [0.4, 0.5) is 0 Å². The lowest BCUT2D eigenvalue weighted by Gasteiger charge is -2.33. The molecule has 0 radical (unpaired) electrons. The first-order valence-electron chi connectivity index (χ1n) is 6.92. The van der Waals surface area contributed by atoms with E-state index in [1.807, 2.05) is 14.0 Å². The van der Waals surface area contributed by atoms with Gasteiger partial charge in [0.25, 0.3) is 0 Å². The summed E-state index contributed by atoms with van der Waals surface area (Å²) in [6.45, 7) is 6.06. The zero-order valence-corrected chi connectivity index (χ0v) is 11.9. The maximum Gasteiger partial charge on any atom is 0.228 e. The Kier molecular flexibility index (Phi) is 4.90. The first kappa shape index (κ1) is 14.4.